The maximum absolute atomic E-state index is 3.56. The minimum absolute atomic E-state index is 0.954. The lowest BCUT2D eigenvalue weighted by Crippen LogP contribution is -2.16. The van der Waals surface area contributed by atoms with Crippen LogP contribution in [0.5, 0.6) is 0 Å². The van der Waals surface area contributed by atoms with Crippen LogP contribution >= 0.6 is 45.3 Å². The molecule has 0 spiro atoms. The van der Waals surface area contributed by atoms with Crippen molar-refractivity contribution in [3.8, 4) is 75.9 Å². The Morgan fingerprint density at radius 2 is 0.848 bits per heavy atom. The summed E-state index contributed by atoms with van der Waals surface area (Å²) in [5.74, 6) is 20.8. The molecule has 0 nitrogen and oxygen atoms in total. The summed E-state index contributed by atoms with van der Waals surface area (Å²) in [6.45, 7) is 18.3. The molecule has 0 N–H and O–H groups in total. The van der Waals surface area contributed by atoms with Crippen LogP contribution in [-0.2, 0) is 0 Å². The molecule has 6 heteroatoms. The molecule has 4 rings (SSSR count). The molecule has 0 fully saturated rings. The van der Waals surface area contributed by atoms with E-state index in [-0.39, 0.29) is 0 Å². The highest BCUT2D eigenvalue weighted by Crippen LogP contribution is 2.44. The van der Waals surface area contributed by atoms with E-state index in [4.69, 9.17) is 0 Å². The van der Waals surface area contributed by atoms with Crippen LogP contribution in [-0.4, -0.2) is 16.1 Å². The minimum Gasteiger partial charge on any atom is -0.134 e. The first-order chi connectivity index (χ1) is 22.0. The third-order valence-electron chi connectivity index (χ3n) is 6.76. The van der Waals surface area contributed by atoms with Crippen LogP contribution in [0.1, 0.15) is 86.1 Å². The molecule has 4 heterocycles. The van der Waals surface area contributed by atoms with Crippen molar-refractivity contribution in [2.75, 3.05) is 0 Å². The SMILES string of the molecule is CCCCCC#Cc1sc(-c2ccc(-c3ccc(-c4cc(C#C[Si](C)(C)C)c(C#CCCCCC)s4)s3)s2)cc1C#C[Si](C)(C)C. The topological polar surface area (TPSA) is 0 Å². The molecule has 0 aromatic carbocycles. The summed E-state index contributed by atoms with van der Waals surface area (Å²) in [6.07, 6.45) is 9.17. The molecule has 4 aromatic heterocycles. The van der Waals surface area contributed by atoms with Crippen LogP contribution < -0.4 is 0 Å². The molecule has 0 radical (unpaired) electrons. The molecule has 0 aliphatic rings. The Labute approximate surface area is 297 Å². The van der Waals surface area contributed by atoms with E-state index in [9.17, 15) is 0 Å². The summed E-state index contributed by atoms with van der Waals surface area (Å²) >= 11 is 7.30. The lowest BCUT2D eigenvalue weighted by Gasteiger charge is -2.02. The lowest BCUT2D eigenvalue weighted by atomic mass is 10.2. The fraction of sp³-hybridized carbons (Fsp3) is 0.400. The third kappa shape index (κ3) is 11.3. The van der Waals surface area contributed by atoms with Gasteiger partial charge < -0.3 is 0 Å². The lowest BCUT2D eigenvalue weighted by molar-refractivity contribution is 0.737. The van der Waals surface area contributed by atoms with Gasteiger partial charge in [0.05, 0.1) is 20.9 Å². The number of hydrogen-bond acceptors (Lipinski definition) is 4. The standard InChI is InChI=1S/C40H46S4Si2/c1-9-11-13-15-17-19-33-31(25-27-45(3,4)5)29-39(41-33)37-23-21-35(43-37)36-22-24-38(44-36)40-30-32(26-28-46(6,7)8)34(42-40)20-18-16-14-12-10-2/h21-24,29-30H,9-16H2,1-8H3. The Morgan fingerprint density at radius 3 is 1.20 bits per heavy atom. The van der Waals surface area contributed by atoms with Crippen molar-refractivity contribution in [1.29, 1.82) is 0 Å². The number of hydrogen-bond donors (Lipinski definition) is 0. The van der Waals surface area contributed by atoms with Gasteiger partial charge >= 0.3 is 0 Å². The number of rotatable bonds is 9. The quantitative estimate of drug-likeness (QED) is 0.0921. The molecule has 0 unspecified atom stereocenters. The zero-order valence-corrected chi connectivity index (χ0v) is 34.0. The Morgan fingerprint density at radius 1 is 0.478 bits per heavy atom. The predicted molar refractivity (Wildman–Crippen MR) is 217 cm³/mol. The normalized spacial score (nSPS) is 11.0. The molecule has 238 valence electrons. The van der Waals surface area contributed by atoms with Crippen molar-refractivity contribution in [3.05, 3.63) is 57.3 Å². The van der Waals surface area contributed by atoms with Gasteiger partial charge in [-0.2, -0.15) is 0 Å². The molecular weight excluding hydrogens is 665 g/mol. The van der Waals surface area contributed by atoms with Crippen molar-refractivity contribution >= 4 is 61.5 Å². The van der Waals surface area contributed by atoms with Crippen LogP contribution in [0.3, 0.4) is 0 Å². The fourth-order valence-electron chi connectivity index (χ4n) is 4.32. The molecule has 4 aromatic rings. The molecule has 0 bridgehead atoms. The molecule has 0 aliphatic carbocycles. The van der Waals surface area contributed by atoms with E-state index in [0.29, 0.717) is 0 Å². The molecular formula is C40H46S4Si2. The summed E-state index contributed by atoms with van der Waals surface area (Å²) in [5, 5.41) is 0. The minimum atomic E-state index is -1.49. The first-order valence-electron chi connectivity index (χ1n) is 16.5. The second-order valence-corrected chi connectivity index (χ2v) is 27.3. The largest absolute Gasteiger partial charge is 0.134 e. The summed E-state index contributed by atoms with van der Waals surface area (Å²) in [5.41, 5.74) is 9.31. The van der Waals surface area contributed by atoms with Gasteiger partial charge in [-0.15, -0.1) is 56.4 Å². The van der Waals surface area contributed by atoms with Crippen molar-refractivity contribution in [3.63, 3.8) is 0 Å². The first kappa shape index (κ1) is 36.3. The van der Waals surface area contributed by atoms with Gasteiger partial charge in [0.15, 0.2) is 0 Å². The second kappa shape index (κ2) is 17.0. The van der Waals surface area contributed by atoms with Crippen LogP contribution in [0.25, 0.3) is 29.3 Å². The van der Waals surface area contributed by atoms with Gasteiger partial charge in [-0.25, -0.2) is 0 Å². The van der Waals surface area contributed by atoms with Gasteiger partial charge in [0.2, 0.25) is 0 Å². The summed E-state index contributed by atoms with van der Waals surface area (Å²) in [6, 6.07) is 13.6. The Hall–Kier alpha value is -2.53. The summed E-state index contributed by atoms with van der Waals surface area (Å²) in [4.78, 5) is 9.91. The fourth-order valence-corrected chi connectivity index (χ4v) is 9.58. The van der Waals surface area contributed by atoms with E-state index in [2.05, 4.69) is 136 Å². The highest BCUT2D eigenvalue weighted by Gasteiger charge is 2.16. The maximum atomic E-state index is 3.56. The highest BCUT2D eigenvalue weighted by molar-refractivity contribution is 7.28. The third-order valence-corrected chi connectivity index (χ3v) is 13.4. The van der Waals surface area contributed by atoms with E-state index in [1.807, 2.05) is 22.7 Å². The number of unbranched alkanes of at least 4 members (excludes halogenated alkanes) is 6. The zero-order valence-electron chi connectivity index (χ0n) is 28.8. The summed E-state index contributed by atoms with van der Waals surface area (Å²) in [7, 11) is -2.98. The van der Waals surface area contributed by atoms with Gasteiger partial charge in [-0.05, 0) is 49.2 Å². The number of thiophene rings is 4. The van der Waals surface area contributed by atoms with Crippen LogP contribution in [0, 0.1) is 46.6 Å². The van der Waals surface area contributed by atoms with Crippen molar-refractivity contribution in [2.24, 2.45) is 0 Å². The molecule has 0 amide bonds. The molecule has 0 saturated carbocycles. The van der Waals surface area contributed by atoms with E-state index in [0.717, 1.165) is 33.7 Å². The second-order valence-electron chi connectivity index (χ2n) is 13.6. The molecule has 0 aliphatic heterocycles. The van der Waals surface area contributed by atoms with Crippen molar-refractivity contribution in [1.82, 2.24) is 0 Å². The van der Waals surface area contributed by atoms with Crippen LogP contribution in [0.4, 0.5) is 0 Å². The van der Waals surface area contributed by atoms with Crippen LogP contribution in [0.2, 0.25) is 39.3 Å². The van der Waals surface area contributed by atoms with Gasteiger partial charge in [-0.1, -0.05) is 114 Å². The van der Waals surface area contributed by atoms with E-state index in [1.54, 1.807) is 22.7 Å². The van der Waals surface area contributed by atoms with Gasteiger partial charge in [0.25, 0.3) is 0 Å². The van der Waals surface area contributed by atoms with Gasteiger partial charge in [-0.3, -0.25) is 0 Å². The molecule has 0 atom stereocenters. The van der Waals surface area contributed by atoms with E-state index >= 15 is 0 Å². The summed E-state index contributed by atoms with van der Waals surface area (Å²) < 4.78 is 0. The zero-order chi connectivity index (χ0) is 33.2. The highest BCUT2D eigenvalue weighted by atomic mass is 32.1. The average Bonchev–Trinajstić information content (AvgIpc) is 3.79. The smallest absolute Gasteiger partial charge is 0.129 e. The van der Waals surface area contributed by atoms with Crippen LogP contribution in [0.15, 0.2) is 36.4 Å². The van der Waals surface area contributed by atoms with Gasteiger partial charge in [0.1, 0.15) is 16.1 Å². The van der Waals surface area contributed by atoms with E-state index in [1.165, 1.54) is 67.8 Å². The maximum Gasteiger partial charge on any atom is 0.129 e. The Balaban J connectivity index is 1.60. The van der Waals surface area contributed by atoms with Crippen molar-refractivity contribution in [2.45, 2.75) is 104 Å². The Kier molecular flexibility index (Phi) is 13.5. The average molecular weight is 711 g/mol. The first-order valence-corrected chi connectivity index (χ1v) is 26.7. The van der Waals surface area contributed by atoms with Gasteiger partial charge in [0, 0.05) is 42.1 Å². The van der Waals surface area contributed by atoms with E-state index < -0.39 is 16.1 Å². The molecule has 0 saturated heterocycles. The predicted octanol–water partition coefficient (Wildman–Crippen LogP) is 13.3. The monoisotopic (exact) mass is 710 g/mol. The molecule has 46 heavy (non-hydrogen) atoms. The Bertz CT molecular complexity index is 1730. The van der Waals surface area contributed by atoms with Crippen molar-refractivity contribution < 1.29 is 0 Å².